The first-order valence-electron chi connectivity index (χ1n) is 11.9. The number of benzene rings is 1. The summed E-state index contributed by atoms with van der Waals surface area (Å²) in [4.78, 5) is 57.7. The number of hydrogen-bond donors (Lipinski definition) is 2. The minimum Gasteiger partial charge on any atom is -0.450 e. The summed E-state index contributed by atoms with van der Waals surface area (Å²) in [7, 11) is 3.16. The molecule has 0 saturated carbocycles. The molecule has 36 heavy (non-hydrogen) atoms. The fraction of sp³-hybridized carbons (Fsp3) is 0.385. The molecule has 10 nitrogen and oxygen atoms in total. The van der Waals surface area contributed by atoms with Crippen LogP contribution in [-0.4, -0.2) is 79.1 Å². The predicted molar refractivity (Wildman–Crippen MR) is 137 cm³/mol. The van der Waals surface area contributed by atoms with Crippen LogP contribution in [0.1, 0.15) is 35.9 Å². The van der Waals surface area contributed by atoms with Crippen molar-refractivity contribution in [3.8, 4) is 0 Å². The summed E-state index contributed by atoms with van der Waals surface area (Å²) in [6.07, 6.45) is 1.82. The minimum atomic E-state index is -0.648. The van der Waals surface area contributed by atoms with Gasteiger partial charge in [-0.2, -0.15) is 0 Å². The molecule has 0 radical (unpaired) electrons. The molecule has 10 heteroatoms. The summed E-state index contributed by atoms with van der Waals surface area (Å²) in [5.41, 5.74) is 4.45. The van der Waals surface area contributed by atoms with Crippen LogP contribution >= 0.6 is 0 Å². The quantitative estimate of drug-likeness (QED) is 0.546. The number of aromatic nitrogens is 1. The van der Waals surface area contributed by atoms with E-state index in [0.717, 1.165) is 17.0 Å². The average molecular weight is 496 g/mol. The largest absolute Gasteiger partial charge is 0.450 e. The van der Waals surface area contributed by atoms with Gasteiger partial charge >= 0.3 is 12.1 Å². The van der Waals surface area contributed by atoms with Gasteiger partial charge in [-0.05, 0) is 44.0 Å². The Balaban J connectivity index is 1.66. The van der Waals surface area contributed by atoms with Gasteiger partial charge in [-0.3, -0.25) is 9.59 Å². The van der Waals surface area contributed by atoms with E-state index >= 15 is 0 Å². The molecule has 1 aliphatic rings. The van der Waals surface area contributed by atoms with Gasteiger partial charge in [0.1, 0.15) is 6.54 Å². The molecular formula is C26H33N5O5. The van der Waals surface area contributed by atoms with E-state index in [9.17, 15) is 19.2 Å². The minimum absolute atomic E-state index is 0.196. The number of hydrogen-bond acceptors (Lipinski definition) is 5. The van der Waals surface area contributed by atoms with Gasteiger partial charge in [-0.15, -0.1) is 0 Å². The van der Waals surface area contributed by atoms with Crippen LogP contribution in [0.5, 0.6) is 0 Å². The Hall–Kier alpha value is -4.08. The molecule has 5 amide bonds. The third-order valence-corrected chi connectivity index (χ3v) is 5.88. The first kappa shape index (κ1) is 26.5. The highest BCUT2D eigenvalue weighted by molar-refractivity contribution is 6.41. The van der Waals surface area contributed by atoms with Crippen LogP contribution in [-0.2, 0) is 14.3 Å². The Morgan fingerprint density at radius 3 is 2.47 bits per heavy atom. The van der Waals surface area contributed by atoms with E-state index < -0.39 is 18.0 Å². The highest BCUT2D eigenvalue weighted by Crippen LogP contribution is 2.38. The smallest absolute Gasteiger partial charge is 0.407 e. The number of para-hydroxylation sites is 1. The molecule has 192 valence electrons. The molecule has 3 rings (SSSR count). The number of nitrogens with one attached hydrogen (secondary N) is 2. The van der Waals surface area contributed by atoms with Gasteiger partial charge in [0.05, 0.1) is 17.9 Å². The maximum Gasteiger partial charge on any atom is 0.407 e. The Labute approximate surface area is 210 Å². The molecule has 1 aromatic heterocycles. The van der Waals surface area contributed by atoms with Crippen LogP contribution in [0.25, 0.3) is 11.6 Å². The number of amides is 5. The average Bonchev–Trinajstić information content (AvgIpc) is 3.33. The maximum absolute atomic E-state index is 13.4. The molecule has 2 heterocycles. The lowest BCUT2D eigenvalue weighted by Crippen LogP contribution is -2.46. The summed E-state index contributed by atoms with van der Waals surface area (Å²) in [6, 6.07) is 8.68. The van der Waals surface area contributed by atoms with E-state index in [0.29, 0.717) is 23.2 Å². The van der Waals surface area contributed by atoms with Crippen molar-refractivity contribution in [3.63, 3.8) is 0 Å². The molecule has 0 bridgehead atoms. The van der Waals surface area contributed by atoms with E-state index in [2.05, 4.69) is 10.3 Å². The molecule has 2 aromatic rings. The number of fused-ring (bicyclic) bond motifs is 1. The molecule has 0 unspecified atom stereocenters. The lowest BCUT2D eigenvalue weighted by Gasteiger charge is -2.26. The zero-order valence-electron chi connectivity index (χ0n) is 21.4. The van der Waals surface area contributed by atoms with Crippen molar-refractivity contribution in [1.82, 2.24) is 20.1 Å². The number of likely N-dealkylation sites (N-methyl/N-ethyl adjacent to an activating group) is 2. The van der Waals surface area contributed by atoms with Crippen LogP contribution in [0.3, 0.4) is 0 Å². The molecule has 1 aromatic carbocycles. The number of carbonyl (C=O) groups excluding carboxylic acids is 4. The molecule has 0 atom stereocenters. The number of rotatable bonds is 8. The van der Waals surface area contributed by atoms with Crippen molar-refractivity contribution in [2.24, 2.45) is 0 Å². The van der Waals surface area contributed by atoms with E-state index in [1.54, 1.807) is 32.3 Å². The maximum atomic E-state index is 13.4. The second-order valence-corrected chi connectivity index (χ2v) is 8.77. The topological polar surface area (TPSA) is 115 Å². The number of H-pyrrole nitrogens is 1. The Morgan fingerprint density at radius 1 is 1.11 bits per heavy atom. The van der Waals surface area contributed by atoms with Gasteiger partial charge < -0.3 is 24.8 Å². The summed E-state index contributed by atoms with van der Waals surface area (Å²) in [5.74, 6) is -0.729. The van der Waals surface area contributed by atoms with E-state index in [1.165, 1.54) is 14.7 Å². The lowest BCUT2D eigenvalue weighted by molar-refractivity contribution is -0.129. The number of alkyl carbamates (subject to hydrolysis) is 1. The molecule has 0 spiro atoms. The van der Waals surface area contributed by atoms with Crippen molar-refractivity contribution < 1.29 is 23.9 Å². The van der Waals surface area contributed by atoms with Gasteiger partial charge in [0, 0.05) is 44.1 Å². The Kier molecular flexibility index (Phi) is 8.52. The van der Waals surface area contributed by atoms with Crippen molar-refractivity contribution in [2.45, 2.75) is 27.2 Å². The number of aromatic amines is 1. The normalized spacial score (nSPS) is 13.5. The van der Waals surface area contributed by atoms with Gasteiger partial charge in [-0.1, -0.05) is 25.1 Å². The third kappa shape index (κ3) is 5.94. The fourth-order valence-corrected chi connectivity index (χ4v) is 3.83. The second-order valence-electron chi connectivity index (χ2n) is 8.77. The SMILES string of the molecule is CCCOC(=O)NCC(=O)N(C)CCN(C)C(=O)N1C(=O)/C(=C\c2[nH]c(C)cc2C)c2ccccc21. The zero-order valence-corrected chi connectivity index (χ0v) is 21.4. The second kappa shape index (κ2) is 11.6. The lowest BCUT2D eigenvalue weighted by atomic mass is 10.1. The summed E-state index contributed by atoms with van der Waals surface area (Å²) < 4.78 is 4.88. The first-order chi connectivity index (χ1) is 17.1. The van der Waals surface area contributed by atoms with Crippen molar-refractivity contribution in [1.29, 1.82) is 0 Å². The van der Waals surface area contributed by atoms with Gasteiger partial charge in [0.2, 0.25) is 5.91 Å². The third-order valence-electron chi connectivity index (χ3n) is 5.88. The van der Waals surface area contributed by atoms with E-state index in [-0.39, 0.29) is 32.1 Å². The van der Waals surface area contributed by atoms with Crippen LogP contribution in [0.4, 0.5) is 15.3 Å². The highest BCUT2D eigenvalue weighted by Gasteiger charge is 2.38. The number of ether oxygens (including phenoxy) is 1. The number of imide groups is 1. The van der Waals surface area contributed by atoms with Crippen LogP contribution in [0.15, 0.2) is 30.3 Å². The zero-order chi connectivity index (χ0) is 26.4. The Bertz CT molecular complexity index is 1190. The molecule has 0 fully saturated rings. The standard InChI is InChI=1S/C26H33N5O5/c1-6-13-36-25(34)27-16-23(32)29(4)11-12-30(5)26(35)31-22-10-8-7-9-19(22)20(24(31)33)15-21-17(2)14-18(3)28-21/h7-10,14-15,28H,6,11-13,16H2,1-5H3,(H,27,34)/b20-15-. The number of anilines is 1. The summed E-state index contributed by atoms with van der Waals surface area (Å²) in [5, 5.41) is 2.41. The predicted octanol–water partition coefficient (Wildman–Crippen LogP) is 3.17. The fourth-order valence-electron chi connectivity index (χ4n) is 3.83. The van der Waals surface area contributed by atoms with E-state index in [4.69, 9.17) is 4.74 Å². The molecule has 0 aliphatic carbocycles. The van der Waals surface area contributed by atoms with Crippen molar-refractivity contribution in [2.75, 3.05) is 45.2 Å². The molecular weight excluding hydrogens is 462 g/mol. The molecule has 2 N–H and O–H groups in total. The van der Waals surface area contributed by atoms with Crippen LogP contribution in [0.2, 0.25) is 0 Å². The summed E-state index contributed by atoms with van der Waals surface area (Å²) >= 11 is 0. The Morgan fingerprint density at radius 2 is 1.81 bits per heavy atom. The van der Waals surface area contributed by atoms with Crippen LogP contribution < -0.4 is 10.2 Å². The molecule has 1 aliphatic heterocycles. The van der Waals surface area contributed by atoms with Crippen molar-refractivity contribution in [3.05, 3.63) is 52.8 Å². The number of carbonyl (C=O) groups is 4. The number of nitrogens with zero attached hydrogens (tertiary/aromatic N) is 3. The first-order valence-corrected chi connectivity index (χ1v) is 11.9. The van der Waals surface area contributed by atoms with Gasteiger partial charge in [0.25, 0.3) is 5.91 Å². The van der Waals surface area contributed by atoms with E-state index in [1.807, 2.05) is 39.0 Å². The van der Waals surface area contributed by atoms with Gasteiger partial charge in [0.15, 0.2) is 0 Å². The van der Waals surface area contributed by atoms with Gasteiger partial charge in [-0.25, -0.2) is 14.5 Å². The number of urea groups is 1. The number of aryl methyl sites for hydroxylation is 2. The van der Waals surface area contributed by atoms with Crippen molar-refractivity contribution >= 4 is 41.3 Å². The summed E-state index contributed by atoms with van der Waals surface area (Å²) in [6.45, 7) is 6.27. The molecule has 0 saturated heterocycles. The highest BCUT2D eigenvalue weighted by atomic mass is 16.5. The van der Waals surface area contributed by atoms with Crippen LogP contribution in [0, 0.1) is 13.8 Å². The monoisotopic (exact) mass is 495 g/mol.